The van der Waals surface area contributed by atoms with Gasteiger partial charge in [0.25, 0.3) is 0 Å². The first-order valence-corrected chi connectivity index (χ1v) is 19.7. The lowest BCUT2D eigenvalue weighted by molar-refractivity contribution is 1.18. The van der Waals surface area contributed by atoms with Crippen molar-refractivity contribution in [2.75, 3.05) is 0 Å². The van der Waals surface area contributed by atoms with E-state index in [1.807, 2.05) is 18.2 Å². The van der Waals surface area contributed by atoms with Crippen molar-refractivity contribution in [2.24, 2.45) is 0 Å². The standard InChI is InChI=1S/C54H34N4/c1-3-14-37(15-4-1)54-55-48-32-27-38(39-26-30-45-43-19-9-11-21-49(43)57(51(45)34-39)40-16-5-2-6-17-40)33-47(48)52(56-54)36-23-28-41(29-24-36)58-50-22-12-10-20-44(50)46-31-25-35-13-7-8-18-42(35)53(46)58/h1-34H. The van der Waals surface area contributed by atoms with Gasteiger partial charge >= 0.3 is 0 Å². The molecule has 3 heterocycles. The van der Waals surface area contributed by atoms with Crippen molar-refractivity contribution in [3.05, 3.63) is 206 Å². The molecule has 58 heavy (non-hydrogen) atoms. The van der Waals surface area contributed by atoms with Crippen LogP contribution < -0.4 is 0 Å². The highest BCUT2D eigenvalue weighted by Crippen LogP contribution is 2.39. The number of aromatic nitrogens is 4. The largest absolute Gasteiger partial charge is 0.309 e. The highest BCUT2D eigenvalue weighted by Gasteiger charge is 2.18. The first-order chi connectivity index (χ1) is 28.8. The van der Waals surface area contributed by atoms with E-state index >= 15 is 0 Å². The van der Waals surface area contributed by atoms with Gasteiger partial charge in [-0.2, -0.15) is 0 Å². The minimum Gasteiger partial charge on any atom is -0.309 e. The fourth-order valence-corrected chi connectivity index (χ4v) is 9.02. The molecule has 0 fully saturated rings. The Kier molecular flexibility index (Phi) is 7.20. The van der Waals surface area contributed by atoms with Gasteiger partial charge < -0.3 is 9.13 Å². The molecule has 4 heteroatoms. The zero-order chi connectivity index (χ0) is 38.2. The molecule has 270 valence electrons. The van der Waals surface area contributed by atoms with Crippen molar-refractivity contribution >= 4 is 65.3 Å². The Hall–Kier alpha value is -7.82. The second kappa shape index (κ2) is 12.9. The van der Waals surface area contributed by atoms with E-state index in [2.05, 4.69) is 197 Å². The number of hydrogen-bond acceptors (Lipinski definition) is 2. The first kappa shape index (κ1) is 32.4. The maximum Gasteiger partial charge on any atom is 0.160 e. The molecule has 0 N–H and O–H groups in total. The molecule has 0 bridgehead atoms. The quantitative estimate of drug-likeness (QED) is 0.176. The number of rotatable bonds is 5. The van der Waals surface area contributed by atoms with Crippen LogP contribution in [0.25, 0.3) is 110 Å². The summed E-state index contributed by atoms with van der Waals surface area (Å²) < 4.78 is 4.78. The van der Waals surface area contributed by atoms with Gasteiger partial charge in [-0.1, -0.05) is 152 Å². The fourth-order valence-electron chi connectivity index (χ4n) is 9.02. The summed E-state index contributed by atoms with van der Waals surface area (Å²) in [6, 6.07) is 73.8. The Balaban J connectivity index is 1.04. The predicted octanol–water partition coefficient (Wildman–Crippen LogP) is 14.0. The normalized spacial score (nSPS) is 11.8. The van der Waals surface area contributed by atoms with Gasteiger partial charge in [0, 0.05) is 54.8 Å². The van der Waals surface area contributed by atoms with E-state index in [4.69, 9.17) is 9.97 Å². The molecule has 3 aromatic heterocycles. The van der Waals surface area contributed by atoms with Crippen LogP contribution in [0.15, 0.2) is 206 Å². The SMILES string of the molecule is c1ccc(-c2nc(-c3ccc(-n4c5ccccc5c5ccc6ccccc6c54)cc3)c3cc(-c4ccc5c6ccccc6n(-c6ccccc6)c5c4)ccc3n2)cc1. The molecule has 0 unspecified atom stereocenters. The number of para-hydroxylation sites is 3. The highest BCUT2D eigenvalue weighted by atomic mass is 15.0. The Morgan fingerprint density at radius 2 is 0.879 bits per heavy atom. The highest BCUT2D eigenvalue weighted by molar-refractivity contribution is 6.18. The molecule has 0 aliphatic rings. The van der Waals surface area contributed by atoms with Crippen molar-refractivity contribution in [3.63, 3.8) is 0 Å². The number of nitrogens with zero attached hydrogens (tertiary/aromatic N) is 4. The molecule has 0 aliphatic heterocycles. The summed E-state index contributed by atoms with van der Waals surface area (Å²) in [7, 11) is 0. The van der Waals surface area contributed by atoms with Crippen molar-refractivity contribution < 1.29 is 0 Å². The molecule has 0 spiro atoms. The van der Waals surface area contributed by atoms with Crippen LogP contribution in [0.2, 0.25) is 0 Å². The molecular weight excluding hydrogens is 705 g/mol. The molecule has 12 rings (SSSR count). The molecule has 0 amide bonds. The molecule has 0 radical (unpaired) electrons. The summed E-state index contributed by atoms with van der Waals surface area (Å²) in [5.41, 5.74) is 13.1. The lowest BCUT2D eigenvalue weighted by Gasteiger charge is -2.13. The molecule has 4 nitrogen and oxygen atoms in total. The Morgan fingerprint density at radius 3 is 1.67 bits per heavy atom. The lowest BCUT2D eigenvalue weighted by Crippen LogP contribution is -1.97. The average molecular weight is 739 g/mol. The van der Waals surface area contributed by atoms with E-state index in [0.717, 1.165) is 50.2 Å². The van der Waals surface area contributed by atoms with Crippen LogP contribution in [-0.4, -0.2) is 19.1 Å². The maximum atomic E-state index is 5.32. The lowest BCUT2D eigenvalue weighted by atomic mass is 9.98. The van der Waals surface area contributed by atoms with Crippen molar-refractivity contribution in [1.82, 2.24) is 19.1 Å². The van der Waals surface area contributed by atoms with Crippen molar-refractivity contribution in [3.8, 4) is 45.1 Å². The third-order valence-corrected chi connectivity index (χ3v) is 11.7. The second-order valence-corrected chi connectivity index (χ2v) is 15.0. The van der Waals surface area contributed by atoms with Gasteiger partial charge in [0.1, 0.15) is 0 Å². The van der Waals surface area contributed by atoms with E-state index in [0.29, 0.717) is 5.82 Å². The van der Waals surface area contributed by atoms with Gasteiger partial charge in [-0.3, -0.25) is 0 Å². The molecule has 0 atom stereocenters. The summed E-state index contributed by atoms with van der Waals surface area (Å²) in [6.45, 7) is 0. The Bertz CT molecular complexity index is 3540. The molecule has 12 aromatic rings. The van der Waals surface area contributed by atoms with Gasteiger partial charge in [-0.25, -0.2) is 9.97 Å². The third-order valence-electron chi connectivity index (χ3n) is 11.7. The molecule has 9 aromatic carbocycles. The zero-order valence-corrected chi connectivity index (χ0v) is 31.4. The third kappa shape index (κ3) is 5.02. The van der Waals surface area contributed by atoms with Gasteiger partial charge in [0.15, 0.2) is 5.82 Å². The van der Waals surface area contributed by atoms with Crippen LogP contribution in [0.5, 0.6) is 0 Å². The smallest absolute Gasteiger partial charge is 0.160 e. The summed E-state index contributed by atoms with van der Waals surface area (Å²) in [5, 5.41) is 8.46. The van der Waals surface area contributed by atoms with E-state index in [9.17, 15) is 0 Å². The predicted molar refractivity (Wildman–Crippen MR) is 242 cm³/mol. The van der Waals surface area contributed by atoms with Crippen LogP contribution in [-0.2, 0) is 0 Å². The van der Waals surface area contributed by atoms with Crippen LogP contribution in [0, 0.1) is 0 Å². The number of hydrogen-bond donors (Lipinski definition) is 0. The van der Waals surface area contributed by atoms with Gasteiger partial charge in [0.05, 0.1) is 33.3 Å². The van der Waals surface area contributed by atoms with Crippen LogP contribution >= 0.6 is 0 Å². The number of fused-ring (bicyclic) bond motifs is 9. The van der Waals surface area contributed by atoms with E-state index in [1.165, 1.54) is 54.4 Å². The van der Waals surface area contributed by atoms with Crippen molar-refractivity contribution in [2.45, 2.75) is 0 Å². The summed E-state index contributed by atoms with van der Waals surface area (Å²) in [6.07, 6.45) is 0. The Labute approximate surface area is 334 Å². The number of benzene rings is 9. The topological polar surface area (TPSA) is 35.6 Å². The minimum absolute atomic E-state index is 0.711. The average Bonchev–Trinajstić information content (AvgIpc) is 3.82. The van der Waals surface area contributed by atoms with E-state index in [-0.39, 0.29) is 0 Å². The monoisotopic (exact) mass is 738 g/mol. The van der Waals surface area contributed by atoms with Crippen LogP contribution in [0.3, 0.4) is 0 Å². The van der Waals surface area contributed by atoms with Gasteiger partial charge in [-0.15, -0.1) is 0 Å². The molecule has 0 saturated carbocycles. The van der Waals surface area contributed by atoms with Gasteiger partial charge in [0.2, 0.25) is 0 Å². The minimum atomic E-state index is 0.711. The fraction of sp³-hybridized carbons (Fsp3) is 0. The second-order valence-electron chi connectivity index (χ2n) is 15.0. The van der Waals surface area contributed by atoms with Crippen molar-refractivity contribution in [1.29, 1.82) is 0 Å². The van der Waals surface area contributed by atoms with E-state index in [1.54, 1.807) is 0 Å². The molecular formula is C54H34N4. The van der Waals surface area contributed by atoms with Crippen LogP contribution in [0.4, 0.5) is 0 Å². The maximum absolute atomic E-state index is 5.32. The van der Waals surface area contributed by atoms with E-state index < -0.39 is 0 Å². The molecule has 0 aliphatic carbocycles. The zero-order valence-electron chi connectivity index (χ0n) is 31.4. The van der Waals surface area contributed by atoms with Crippen LogP contribution in [0.1, 0.15) is 0 Å². The summed E-state index contributed by atoms with van der Waals surface area (Å²) in [5.74, 6) is 0.711. The van der Waals surface area contributed by atoms with Gasteiger partial charge in [-0.05, 0) is 71.1 Å². The Morgan fingerprint density at radius 1 is 0.310 bits per heavy atom. The summed E-state index contributed by atoms with van der Waals surface area (Å²) >= 11 is 0. The summed E-state index contributed by atoms with van der Waals surface area (Å²) in [4.78, 5) is 10.5. The molecule has 0 saturated heterocycles. The first-order valence-electron chi connectivity index (χ1n) is 19.7.